The minimum atomic E-state index is 0.171. The van der Waals surface area contributed by atoms with Crippen LogP contribution >= 0.6 is 0 Å². The molecule has 0 radical (unpaired) electrons. The lowest BCUT2D eigenvalue weighted by Crippen LogP contribution is -2.39. The van der Waals surface area contributed by atoms with E-state index in [1.807, 2.05) is 0 Å². The molecule has 0 spiro atoms. The Kier molecular flexibility index (Phi) is 7.88. The Labute approximate surface area is 192 Å². The van der Waals surface area contributed by atoms with E-state index in [0.717, 1.165) is 51.9 Å². The van der Waals surface area contributed by atoms with Gasteiger partial charge in [0.2, 0.25) is 0 Å². The Morgan fingerprint density at radius 3 is 2.56 bits per heavy atom. The van der Waals surface area contributed by atoms with Crippen LogP contribution in [0.2, 0.25) is 0 Å². The van der Waals surface area contributed by atoms with Gasteiger partial charge in [0.1, 0.15) is 0 Å². The smallest absolute Gasteiger partial charge is 0.192 e. The average molecular weight is 436 g/mol. The number of anilines is 2. The van der Waals surface area contributed by atoms with Crippen LogP contribution in [0.25, 0.3) is 0 Å². The maximum Gasteiger partial charge on any atom is 0.192 e. The predicted octanol–water partition coefficient (Wildman–Crippen LogP) is 3.94. The Morgan fingerprint density at radius 1 is 1.00 bits per heavy atom. The van der Waals surface area contributed by atoms with Gasteiger partial charge < -0.3 is 25.2 Å². The van der Waals surface area contributed by atoms with Gasteiger partial charge in [0.05, 0.1) is 25.8 Å². The summed E-state index contributed by atoms with van der Waals surface area (Å²) in [4.78, 5) is 9.82. The minimum Gasteiger partial charge on any atom is -0.378 e. The summed E-state index contributed by atoms with van der Waals surface area (Å²) in [7, 11) is 0. The van der Waals surface area contributed by atoms with Crippen molar-refractivity contribution in [2.75, 3.05) is 55.7 Å². The molecule has 4 rings (SSSR count). The molecule has 6 nitrogen and oxygen atoms in total. The highest BCUT2D eigenvalue weighted by Crippen LogP contribution is 2.24. The number of rotatable bonds is 7. The lowest BCUT2D eigenvalue weighted by molar-refractivity contribution is 0.122. The fourth-order valence-corrected chi connectivity index (χ4v) is 4.50. The molecule has 2 aliphatic heterocycles. The van der Waals surface area contributed by atoms with Crippen molar-refractivity contribution < 1.29 is 4.74 Å². The average Bonchev–Trinajstić information content (AvgIpc) is 3.39. The summed E-state index contributed by atoms with van der Waals surface area (Å²) in [5.74, 6) is 0.850. The zero-order chi connectivity index (χ0) is 22.2. The second-order valence-electron chi connectivity index (χ2n) is 8.58. The van der Waals surface area contributed by atoms with Crippen LogP contribution in [0.15, 0.2) is 53.5 Å². The van der Waals surface area contributed by atoms with Crippen LogP contribution in [-0.4, -0.2) is 51.9 Å². The molecule has 2 N–H and O–H groups in total. The van der Waals surface area contributed by atoms with Crippen LogP contribution in [0.3, 0.4) is 0 Å². The first-order valence-electron chi connectivity index (χ1n) is 12.0. The number of nitrogens with zero attached hydrogens (tertiary/aromatic N) is 3. The van der Waals surface area contributed by atoms with E-state index >= 15 is 0 Å². The van der Waals surface area contributed by atoms with E-state index in [0.29, 0.717) is 6.54 Å². The van der Waals surface area contributed by atoms with Crippen LogP contribution in [-0.2, 0) is 11.3 Å². The molecule has 0 bridgehead atoms. The predicted molar refractivity (Wildman–Crippen MR) is 134 cm³/mol. The fraction of sp³-hybridized carbons (Fsp3) is 0.500. The minimum absolute atomic E-state index is 0.171. The molecule has 32 heavy (non-hydrogen) atoms. The Morgan fingerprint density at radius 2 is 1.78 bits per heavy atom. The summed E-state index contributed by atoms with van der Waals surface area (Å²) in [6.07, 6.45) is 2.59. The van der Waals surface area contributed by atoms with Gasteiger partial charge in [-0.1, -0.05) is 30.3 Å². The Balaban J connectivity index is 1.45. The Hall–Kier alpha value is -2.73. The second kappa shape index (κ2) is 11.2. The molecule has 0 aliphatic carbocycles. The van der Waals surface area contributed by atoms with E-state index in [9.17, 15) is 0 Å². The van der Waals surface area contributed by atoms with Crippen molar-refractivity contribution in [2.24, 2.45) is 4.99 Å². The zero-order valence-corrected chi connectivity index (χ0v) is 19.5. The molecule has 2 aromatic carbocycles. The molecule has 6 heteroatoms. The number of benzene rings is 2. The van der Waals surface area contributed by atoms with Crippen LogP contribution in [0, 0.1) is 0 Å². The molecule has 2 aromatic rings. The van der Waals surface area contributed by atoms with Gasteiger partial charge in [-0.25, -0.2) is 4.99 Å². The lowest BCUT2D eigenvalue weighted by Gasteiger charge is -2.30. The molecule has 2 heterocycles. The van der Waals surface area contributed by atoms with Crippen molar-refractivity contribution in [1.82, 2.24) is 10.6 Å². The zero-order valence-electron chi connectivity index (χ0n) is 19.5. The number of hydrogen-bond acceptors (Lipinski definition) is 4. The van der Waals surface area contributed by atoms with Crippen molar-refractivity contribution in [3.8, 4) is 0 Å². The highest BCUT2D eigenvalue weighted by Gasteiger charge is 2.16. The first-order chi connectivity index (χ1) is 15.7. The van der Waals surface area contributed by atoms with Crippen LogP contribution in [0.1, 0.15) is 43.9 Å². The molecular formula is C26H37N5O. The summed E-state index contributed by atoms with van der Waals surface area (Å²) in [5, 5.41) is 7.03. The third-order valence-electron chi connectivity index (χ3n) is 6.29. The van der Waals surface area contributed by atoms with E-state index in [1.165, 1.54) is 35.3 Å². The monoisotopic (exact) mass is 435 g/mol. The van der Waals surface area contributed by atoms with Gasteiger partial charge in [0.25, 0.3) is 0 Å². The van der Waals surface area contributed by atoms with Crippen LogP contribution in [0.5, 0.6) is 0 Å². The third kappa shape index (κ3) is 5.74. The number of para-hydroxylation sites is 1. The molecule has 1 unspecified atom stereocenters. The van der Waals surface area contributed by atoms with Crippen molar-refractivity contribution >= 4 is 17.3 Å². The second-order valence-corrected chi connectivity index (χ2v) is 8.58. The molecular weight excluding hydrogens is 398 g/mol. The van der Waals surface area contributed by atoms with Gasteiger partial charge in [-0.3, -0.25) is 0 Å². The maximum atomic E-state index is 5.53. The molecule has 2 aliphatic rings. The maximum absolute atomic E-state index is 5.53. The van der Waals surface area contributed by atoms with E-state index < -0.39 is 0 Å². The first kappa shape index (κ1) is 22.5. The van der Waals surface area contributed by atoms with E-state index in [1.54, 1.807) is 0 Å². The van der Waals surface area contributed by atoms with E-state index in [4.69, 9.17) is 9.73 Å². The van der Waals surface area contributed by atoms with Crippen molar-refractivity contribution in [3.05, 3.63) is 59.7 Å². The van der Waals surface area contributed by atoms with Gasteiger partial charge >= 0.3 is 0 Å². The van der Waals surface area contributed by atoms with Gasteiger partial charge in [-0.15, -0.1) is 0 Å². The van der Waals surface area contributed by atoms with E-state index in [-0.39, 0.29) is 6.04 Å². The quantitative estimate of drug-likeness (QED) is 0.510. The standard InChI is InChI=1S/C26H37N5O/c1-3-27-26(28-20-23-9-4-5-12-25(23)31-15-17-32-18-16-31)29-21(2)22-10-8-11-24(19-22)30-13-6-7-14-30/h4-5,8-12,19,21H,3,6-7,13-18,20H2,1-2H3,(H2,27,28,29). The largest absolute Gasteiger partial charge is 0.378 e. The number of guanidine groups is 1. The highest BCUT2D eigenvalue weighted by molar-refractivity contribution is 5.80. The van der Waals surface area contributed by atoms with Gasteiger partial charge in [-0.05, 0) is 56.0 Å². The molecule has 0 aromatic heterocycles. The number of aliphatic imine (C=N–C) groups is 1. The molecule has 2 fully saturated rings. The first-order valence-corrected chi connectivity index (χ1v) is 12.0. The summed E-state index contributed by atoms with van der Waals surface area (Å²) in [5.41, 5.74) is 5.13. The third-order valence-corrected chi connectivity index (χ3v) is 6.29. The Bertz CT molecular complexity index is 887. The van der Waals surface area contributed by atoms with Gasteiger partial charge in [0.15, 0.2) is 5.96 Å². The van der Waals surface area contributed by atoms with Gasteiger partial charge in [-0.2, -0.15) is 0 Å². The number of morpholine rings is 1. The van der Waals surface area contributed by atoms with E-state index in [2.05, 4.69) is 82.8 Å². The van der Waals surface area contributed by atoms with Crippen molar-refractivity contribution in [3.63, 3.8) is 0 Å². The molecule has 0 amide bonds. The number of nitrogens with one attached hydrogen (secondary N) is 2. The lowest BCUT2D eigenvalue weighted by atomic mass is 10.1. The molecule has 172 valence electrons. The molecule has 1 atom stereocenters. The topological polar surface area (TPSA) is 52.1 Å². The number of hydrogen-bond donors (Lipinski definition) is 2. The van der Waals surface area contributed by atoms with Crippen LogP contribution in [0.4, 0.5) is 11.4 Å². The molecule has 0 saturated carbocycles. The molecule has 2 saturated heterocycles. The summed E-state index contributed by atoms with van der Waals surface area (Å²) in [6, 6.07) is 17.7. The fourth-order valence-electron chi connectivity index (χ4n) is 4.50. The van der Waals surface area contributed by atoms with Crippen molar-refractivity contribution in [2.45, 2.75) is 39.3 Å². The SMILES string of the molecule is CCNC(=NCc1ccccc1N1CCOCC1)NC(C)c1cccc(N2CCCC2)c1. The van der Waals surface area contributed by atoms with Crippen LogP contribution < -0.4 is 20.4 Å². The summed E-state index contributed by atoms with van der Waals surface area (Å²) < 4.78 is 5.53. The summed E-state index contributed by atoms with van der Waals surface area (Å²) in [6.45, 7) is 11.6. The highest BCUT2D eigenvalue weighted by atomic mass is 16.5. The van der Waals surface area contributed by atoms with Crippen molar-refractivity contribution in [1.29, 1.82) is 0 Å². The van der Waals surface area contributed by atoms with Gasteiger partial charge in [0, 0.05) is 44.1 Å². The summed E-state index contributed by atoms with van der Waals surface area (Å²) >= 11 is 0. The normalized spacial score (nSPS) is 18.0. The number of ether oxygens (including phenoxy) is 1.